The molecule has 3 aromatic heterocycles. The van der Waals surface area contributed by atoms with E-state index in [4.69, 9.17) is 19.9 Å². The van der Waals surface area contributed by atoms with E-state index in [-0.39, 0.29) is 0 Å². The Morgan fingerprint density at radius 3 is 1.12 bits per heavy atom. The van der Waals surface area contributed by atoms with Gasteiger partial charge in [-0.25, -0.2) is 9.97 Å². The molecule has 368 valence electrons. The second kappa shape index (κ2) is 16.1. The SMILES string of the molecule is c1ccc2c(c1)-c1ccccc1C21c2ccccc2-c2ccc(-c3cc(-c4ccc5c(c4)C4(c6ccccc6-c6ccccc64)c4ccccc4-5)c4nc(-c5cnc6ccccc6c5)nc(-c5cnc6ccccc6c5)c4c3)cc21. The number of pyridine rings is 2. The standard InChI is InChI=1S/C76H44N4/c1-15-31-70-47(17-1)37-50(43-77-70)72-61-40-49(45-33-35-58-56-23-7-13-29-66(56)75(68(58)41-45)62-25-9-3-19-52(62)53-20-4-10-26-63(53)75)39-60(73(61)80-74(79-72)51-38-48-18-2-16-32-71(48)78-44-51)46-34-36-59-57-24-8-14-30-67(57)76(69(59)42-46)64-27-11-5-21-54(64)55-22-6-12-28-65(55)76/h1-44H. The van der Waals surface area contributed by atoms with Crippen molar-refractivity contribution in [3.05, 3.63) is 312 Å². The molecule has 4 heteroatoms. The molecule has 80 heavy (non-hydrogen) atoms. The lowest BCUT2D eigenvalue weighted by Gasteiger charge is -2.31. The van der Waals surface area contributed by atoms with Crippen molar-refractivity contribution in [2.24, 2.45) is 0 Å². The average Bonchev–Trinajstić information content (AvgIpc) is 4.02. The summed E-state index contributed by atoms with van der Waals surface area (Å²) in [7, 11) is 0. The van der Waals surface area contributed by atoms with Gasteiger partial charge in [-0.2, -0.15) is 0 Å². The van der Waals surface area contributed by atoms with Crippen LogP contribution in [-0.2, 0) is 10.8 Å². The Kier molecular flexibility index (Phi) is 8.77. The lowest BCUT2D eigenvalue weighted by Crippen LogP contribution is -2.25. The number of hydrogen-bond donors (Lipinski definition) is 0. The number of benzene rings is 11. The maximum absolute atomic E-state index is 5.73. The molecule has 0 aliphatic heterocycles. The van der Waals surface area contributed by atoms with Gasteiger partial charge in [-0.05, 0) is 154 Å². The zero-order chi connectivity index (χ0) is 52.3. The summed E-state index contributed by atoms with van der Waals surface area (Å²) >= 11 is 0. The summed E-state index contributed by atoms with van der Waals surface area (Å²) in [5, 5.41) is 3.02. The van der Waals surface area contributed by atoms with Crippen molar-refractivity contribution in [2.75, 3.05) is 0 Å². The van der Waals surface area contributed by atoms with Crippen LogP contribution in [0.1, 0.15) is 44.5 Å². The van der Waals surface area contributed by atoms with Gasteiger partial charge in [-0.1, -0.05) is 206 Å². The molecule has 14 aromatic rings. The van der Waals surface area contributed by atoms with Crippen molar-refractivity contribution in [3.8, 4) is 89.4 Å². The first-order valence-electron chi connectivity index (χ1n) is 27.6. The van der Waals surface area contributed by atoms with E-state index in [1.807, 2.05) is 24.5 Å². The molecule has 11 aromatic carbocycles. The normalized spacial score (nSPS) is 13.9. The molecule has 0 radical (unpaired) electrons. The maximum atomic E-state index is 5.73. The van der Waals surface area contributed by atoms with Crippen molar-refractivity contribution >= 4 is 32.7 Å². The number of hydrogen-bond acceptors (Lipinski definition) is 4. The molecule has 0 fully saturated rings. The monoisotopic (exact) mass is 1010 g/mol. The van der Waals surface area contributed by atoms with Gasteiger partial charge in [0.05, 0.1) is 33.1 Å². The van der Waals surface area contributed by atoms with E-state index in [0.29, 0.717) is 5.82 Å². The van der Waals surface area contributed by atoms with E-state index in [1.165, 1.54) is 89.0 Å². The number of aromatic nitrogens is 4. The molecule has 18 rings (SSSR count). The van der Waals surface area contributed by atoms with Gasteiger partial charge < -0.3 is 0 Å². The Labute approximate surface area is 462 Å². The molecule has 0 unspecified atom stereocenters. The fourth-order valence-corrected chi connectivity index (χ4v) is 14.9. The van der Waals surface area contributed by atoms with E-state index in [0.717, 1.165) is 71.8 Å². The fraction of sp³-hybridized carbons (Fsp3) is 0.0263. The molecular weight excluding hydrogens is 969 g/mol. The highest BCUT2D eigenvalue weighted by atomic mass is 14.9. The lowest BCUT2D eigenvalue weighted by molar-refractivity contribution is 0.794. The molecule has 0 amide bonds. The van der Waals surface area contributed by atoms with Crippen LogP contribution in [0.15, 0.2) is 267 Å². The lowest BCUT2D eigenvalue weighted by atomic mass is 9.70. The Morgan fingerprint density at radius 1 is 0.250 bits per heavy atom. The summed E-state index contributed by atoms with van der Waals surface area (Å²) in [6, 6.07) is 94.4. The van der Waals surface area contributed by atoms with Crippen LogP contribution in [-0.4, -0.2) is 19.9 Å². The third-order valence-electron chi connectivity index (χ3n) is 18.2. The number of nitrogens with zero attached hydrogens (tertiary/aromatic N) is 4. The molecule has 2 spiro atoms. The van der Waals surface area contributed by atoms with Crippen LogP contribution < -0.4 is 0 Å². The summed E-state index contributed by atoms with van der Waals surface area (Å²) in [5.41, 5.74) is 29.2. The molecule has 4 aliphatic rings. The van der Waals surface area contributed by atoms with Crippen molar-refractivity contribution in [1.29, 1.82) is 0 Å². The van der Waals surface area contributed by atoms with Gasteiger partial charge in [0.15, 0.2) is 5.82 Å². The van der Waals surface area contributed by atoms with Crippen molar-refractivity contribution in [1.82, 2.24) is 19.9 Å². The van der Waals surface area contributed by atoms with Crippen molar-refractivity contribution in [2.45, 2.75) is 10.8 Å². The summed E-state index contributed by atoms with van der Waals surface area (Å²) in [6.45, 7) is 0. The first kappa shape index (κ1) is 43.7. The quantitative estimate of drug-likeness (QED) is 0.176. The summed E-state index contributed by atoms with van der Waals surface area (Å²) in [6.07, 6.45) is 3.90. The van der Waals surface area contributed by atoms with Crippen LogP contribution in [0.3, 0.4) is 0 Å². The largest absolute Gasteiger partial charge is 0.256 e. The third kappa shape index (κ3) is 5.68. The van der Waals surface area contributed by atoms with E-state index < -0.39 is 10.8 Å². The Bertz CT molecular complexity index is 4920. The molecule has 0 saturated heterocycles. The molecule has 0 saturated carbocycles. The minimum absolute atomic E-state index is 0.500. The Morgan fingerprint density at radius 2 is 0.637 bits per heavy atom. The highest BCUT2D eigenvalue weighted by Gasteiger charge is 2.53. The minimum Gasteiger partial charge on any atom is -0.256 e. The second-order valence-electron chi connectivity index (χ2n) is 21.9. The highest BCUT2D eigenvalue weighted by molar-refractivity contribution is 6.07. The molecule has 0 bridgehead atoms. The average molecular weight is 1010 g/mol. The van der Waals surface area contributed by atoms with Gasteiger partial charge in [0.25, 0.3) is 0 Å². The van der Waals surface area contributed by atoms with Gasteiger partial charge in [0.1, 0.15) is 0 Å². The van der Waals surface area contributed by atoms with Gasteiger partial charge in [-0.3, -0.25) is 9.97 Å². The van der Waals surface area contributed by atoms with Crippen LogP contribution in [0.25, 0.3) is 122 Å². The number of rotatable bonds is 4. The minimum atomic E-state index is -0.529. The van der Waals surface area contributed by atoms with Crippen molar-refractivity contribution in [3.63, 3.8) is 0 Å². The topological polar surface area (TPSA) is 51.6 Å². The maximum Gasteiger partial charge on any atom is 0.162 e. The summed E-state index contributed by atoms with van der Waals surface area (Å²) in [4.78, 5) is 21.4. The summed E-state index contributed by atoms with van der Waals surface area (Å²) in [5.74, 6) is 0.604. The molecule has 4 nitrogen and oxygen atoms in total. The van der Waals surface area contributed by atoms with E-state index in [2.05, 4.69) is 243 Å². The van der Waals surface area contributed by atoms with Crippen LogP contribution >= 0.6 is 0 Å². The van der Waals surface area contributed by atoms with Crippen LogP contribution in [0.5, 0.6) is 0 Å². The van der Waals surface area contributed by atoms with Gasteiger partial charge >= 0.3 is 0 Å². The third-order valence-corrected chi connectivity index (χ3v) is 18.2. The van der Waals surface area contributed by atoms with Crippen LogP contribution in [0, 0.1) is 0 Å². The van der Waals surface area contributed by atoms with Gasteiger partial charge in [0, 0.05) is 45.2 Å². The fourth-order valence-electron chi connectivity index (χ4n) is 14.9. The Hall–Kier alpha value is -10.4. The second-order valence-corrected chi connectivity index (χ2v) is 21.9. The van der Waals surface area contributed by atoms with Crippen molar-refractivity contribution < 1.29 is 0 Å². The molecule has 4 aliphatic carbocycles. The Balaban J connectivity index is 0.945. The smallest absolute Gasteiger partial charge is 0.162 e. The molecule has 0 N–H and O–H groups in total. The predicted octanol–water partition coefficient (Wildman–Crippen LogP) is 18.1. The first-order chi connectivity index (χ1) is 39.6. The number of para-hydroxylation sites is 2. The van der Waals surface area contributed by atoms with E-state index in [9.17, 15) is 0 Å². The first-order valence-corrected chi connectivity index (χ1v) is 27.6. The molecule has 3 heterocycles. The van der Waals surface area contributed by atoms with E-state index in [1.54, 1.807) is 0 Å². The van der Waals surface area contributed by atoms with E-state index >= 15 is 0 Å². The van der Waals surface area contributed by atoms with Crippen LogP contribution in [0.2, 0.25) is 0 Å². The molecular formula is C76H44N4. The highest BCUT2D eigenvalue weighted by Crippen LogP contribution is 2.65. The summed E-state index contributed by atoms with van der Waals surface area (Å²) < 4.78 is 0. The van der Waals surface area contributed by atoms with Gasteiger partial charge in [-0.15, -0.1) is 0 Å². The zero-order valence-corrected chi connectivity index (χ0v) is 43.2. The molecule has 0 atom stereocenters. The zero-order valence-electron chi connectivity index (χ0n) is 43.2. The predicted molar refractivity (Wildman–Crippen MR) is 324 cm³/mol. The van der Waals surface area contributed by atoms with Crippen LogP contribution in [0.4, 0.5) is 0 Å². The number of fused-ring (bicyclic) bond motifs is 23. The van der Waals surface area contributed by atoms with Gasteiger partial charge in [0.2, 0.25) is 0 Å².